The molecule has 0 radical (unpaired) electrons. The molecule has 3 aromatic heterocycles. The SMILES string of the molecule is O=C(Nc1ccc2ncc(-c3cnn(CCN4CC5(COC5)C4)c3)cc2n1)NC1CCCC1. The van der Waals surface area contributed by atoms with Crippen LogP contribution in [0.2, 0.25) is 0 Å². The first-order valence-electron chi connectivity index (χ1n) is 11.8. The Morgan fingerprint density at radius 2 is 1.94 bits per heavy atom. The average molecular weight is 448 g/mol. The first-order chi connectivity index (χ1) is 16.1. The maximum Gasteiger partial charge on any atom is 0.320 e. The first kappa shape index (κ1) is 20.6. The zero-order valence-corrected chi connectivity index (χ0v) is 18.7. The number of hydrogen-bond acceptors (Lipinski definition) is 6. The van der Waals surface area contributed by atoms with Crippen LogP contribution in [0.1, 0.15) is 25.7 Å². The van der Waals surface area contributed by atoms with Crippen LogP contribution in [0.4, 0.5) is 10.6 Å². The molecule has 2 amide bonds. The van der Waals surface area contributed by atoms with E-state index in [4.69, 9.17) is 4.74 Å². The van der Waals surface area contributed by atoms with Crippen LogP contribution in [0.15, 0.2) is 36.8 Å². The lowest BCUT2D eigenvalue weighted by Gasteiger charge is -2.55. The zero-order chi connectivity index (χ0) is 22.3. The van der Waals surface area contributed by atoms with E-state index in [0.717, 1.165) is 74.4 Å². The molecule has 33 heavy (non-hydrogen) atoms. The second-order valence-corrected chi connectivity index (χ2v) is 9.73. The summed E-state index contributed by atoms with van der Waals surface area (Å²) in [6, 6.07) is 5.74. The van der Waals surface area contributed by atoms with Crippen molar-refractivity contribution in [3.8, 4) is 11.1 Å². The van der Waals surface area contributed by atoms with Crippen LogP contribution in [0.3, 0.4) is 0 Å². The van der Waals surface area contributed by atoms with Gasteiger partial charge in [-0.3, -0.25) is 19.9 Å². The van der Waals surface area contributed by atoms with E-state index in [1.165, 1.54) is 12.8 Å². The van der Waals surface area contributed by atoms with Crippen molar-refractivity contribution in [2.24, 2.45) is 5.41 Å². The van der Waals surface area contributed by atoms with Gasteiger partial charge >= 0.3 is 6.03 Å². The van der Waals surface area contributed by atoms with Crippen LogP contribution in [-0.4, -0.2) is 69.6 Å². The molecule has 2 saturated heterocycles. The maximum absolute atomic E-state index is 12.3. The third kappa shape index (κ3) is 4.30. The Bertz CT molecular complexity index is 1160. The van der Waals surface area contributed by atoms with Crippen LogP contribution in [0.5, 0.6) is 0 Å². The second kappa shape index (κ2) is 8.39. The highest BCUT2D eigenvalue weighted by Crippen LogP contribution is 2.37. The van der Waals surface area contributed by atoms with Gasteiger partial charge in [-0.25, -0.2) is 9.78 Å². The molecule has 3 aromatic rings. The fourth-order valence-corrected chi connectivity index (χ4v) is 5.15. The Morgan fingerprint density at radius 1 is 1.09 bits per heavy atom. The molecule has 1 saturated carbocycles. The fourth-order valence-electron chi connectivity index (χ4n) is 5.15. The molecule has 0 unspecified atom stereocenters. The van der Waals surface area contributed by atoms with Gasteiger partial charge in [-0.15, -0.1) is 0 Å². The highest BCUT2D eigenvalue weighted by molar-refractivity contribution is 5.90. The number of fused-ring (bicyclic) bond motifs is 1. The predicted octanol–water partition coefficient (Wildman–Crippen LogP) is 2.89. The van der Waals surface area contributed by atoms with Gasteiger partial charge in [0.25, 0.3) is 0 Å². The molecule has 172 valence electrons. The molecular formula is C24H29N7O2. The van der Waals surface area contributed by atoms with Crippen LogP contribution >= 0.6 is 0 Å². The molecule has 3 aliphatic rings. The van der Waals surface area contributed by atoms with Gasteiger partial charge in [-0.2, -0.15) is 5.10 Å². The van der Waals surface area contributed by atoms with E-state index in [1.54, 1.807) is 6.07 Å². The lowest BCUT2D eigenvalue weighted by Crippen LogP contribution is -2.66. The van der Waals surface area contributed by atoms with Crippen LogP contribution in [0, 0.1) is 5.41 Å². The predicted molar refractivity (Wildman–Crippen MR) is 125 cm³/mol. The standard InChI is InChI=1S/C24H29N7O2/c32-23(27-19-3-1-2-4-19)29-22-6-5-20-21(28-22)9-17(10-25-20)18-11-26-31(12-18)8-7-30-13-24(14-30)15-33-16-24/h5-6,9-12,19H,1-4,7-8,13-16H2,(H2,27,28,29,32). The van der Waals surface area contributed by atoms with Gasteiger partial charge in [-0.05, 0) is 31.0 Å². The highest BCUT2D eigenvalue weighted by atomic mass is 16.5. The normalized spacial score (nSPS) is 20.0. The molecular weight excluding hydrogens is 418 g/mol. The van der Waals surface area contributed by atoms with Crippen molar-refractivity contribution in [2.75, 3.05) is 38.2 Å². The minimum atomic E-state index is -0.197. The molecule has 1 aliphatic carbocycles. The van der Waals surface area contributed by atoms with Crippen molar-refractivity contribution >= 4 is 22.9 Å². The molecule has 1 spiro atoms. The molecule has 0 aromatic carbocycles. The number of amides is 2. The summed E-state index contributed by atoms with van der Waals surface area (Å²) < 4.78 is 7.33. The van der Waals surface area contributed by atoms with Crippen LogP contribution in [-0.2, 0) is 11.3 Å². The number of ether oxygens (including phenoxy) is 1. The molecule has 2 N–H and O–H groups in total. The van der Waals surface area contributed by atoms with Crippen molar-refractivity contribution in [3.63, 3.8) is 0 Å². The number of anilines is 1. The molecule has 0 atom stereocenters. The number of likely N-dealkylation sites (tertiary alicyclic amines) is 1. The van der Waals surface area contributed by atoms with Gasteiger partial charge in [0.1, 0.15) is 5.82 Å². The number of urea groups is 1. The minimum absolute atomic E-state index is 0.197. The molecule has 9 heteroatoms. The number of carbonyl (C=O) groups excluding carboxylic acids is 1. The van der Waals surface area contributed by atoms with Crippen molar-refractivity contribution in [3.05, 3.63) is 36.8 Å². The van der Waals surface area contributed by atoms with Crippen molar-refractivity contribution in [1.29, 1.82) is 0 Å². The third-order valence-corrected chi connectivity index (χ3v) is 7.02. The Hall–Kier alpha value is -3.04. The lowest BCUT2D eigenvalue weighted by atomic mass is 9.78. The quantitative estimate of drug-likeness (QED) is 0.603. The van der Waals surface area contributed by atoms with Crippen LogP contribution < -0.4 is 10.6 Å². The van der Waals surface area contributed by atoms with E-state index in [-0.39, 0.29) is 12.1 Å². The van der Waals surface area contributed by atoms with E-state index in [0.29, 0.717) is 11.2 Å². The van der Waals surface area contributed by atoms with E-state index >= 15 is 0 Å². The number of pyridine rings is 2. The average Bonchev–Trinajstić information content (AvgIpc) is 3.43. The summed E-state index contributed by atoms with van der Waals surface area (Å²) in [5.74, 6) is 0.525. The minimum Gasteiger partial charge on any atom is -0.380 e. The van der Waals surface area contributed by atoms with E-state index in [2.05, 4.69) is 36.8 Å². The number of nitrogens with one attached hydrogen (secondary N) is 2. The van der Waals surface area contributed by atoms with Crippen molar-refractivity contribution in [2.45, 2.75) is 38.3 Å². The maximum atomic E-state index is 12.3. The Morgan fingerprint density at radius 3 is 2.73 bits per heavy atom. The Balaban J connectivity index is 1.10. The molecule has 5 heterocycles. The number of hydrogen-bond donors (Lipinski definition) is 2. The molecule has 9 nitrogen and oxygen atoms in total. The van der Waals surface area contributed by atoms with E-state index in [1.807, 2.05) is 29.2 Å². The van der Waals surface area contributed by atoms with Gasteiger partial charge in [0, 0.05) is 54.6 Å². The summed E-state index contributed by atoms with van der Waals surface area (Å²) in [5.41, 5.74) is 3.95. The summed E-state index contributed by atoms with van der Waals surface area (Å²) in [6.45, 7) is 5.97. The summed E-state index contributed by atoms with van der Waals surface area (Å²) in [5, 5.41) is 10.4. The summed E-state index contributed by atoms with van der Waals surface area (Å²) in [4.78, 5) is 23.9. The number of aromatic nitrogens is 4. The first-order valence-corrected chi connectivity index (χ1v) is 11.8. The number of nitrogens with zero attached hydrogens (tertiary/aromatic N) is 5. The second-order valence-electron chi connectivity index (χ2n) is 9.73. The van der Waals surface area contributed by atoms with Gasteiger partial charge in [-0.1, -0.05) is 12.8 Å². The van der Waals surface area contributed by atoms with E-state index < -0.39 is 0 Å². The molecule has 0 bridgehead atoms. The highest BCUT2D eigenvalue weighted by Gasteiger charge is 2.48. The third-order valence-electron chi connectivity index (χ3n) is 7.02. The van der Waals surface area contributed by atoms with Crippen LogP contribution in [0.25, 0.3) is 22.2 Å². The van der Waals surface area contributed by atoms with E-state index in [9.17, 15) is 4.79 Å². The number of carbonyl (C=O) groups is 1. The van der Waals surface area contributed by atoms with Gasteiger partial charge in [0.15, 0.2) is 0 Å². The summed E-state index contributed by atoms with van der Waals surface area (Å²) >= 11 is 0. The van der Waals surface area contributed by atoms with Crippen molar-refractivity contribution in [1.82, 2.24) is 30.0 Å². The topological polar surface area (TPSA) is 97.2 Å². The summed E-state index contributed by atoms with van der Waals surface area (Å²) in [7, 11) is 0. The van der Waals surface area contributed by atoms with Crippen molar-refractivity contribution < 1.29 is 9.53 Å². The Labute approximate surface area is 192 Å². The largest absolute Gasteiger partial charge is 0.380 e. The number of rotatable bonds is 6. The fraction of sp³-hybridized carbons (Fsp3) is 0.500. The molecule has 2 aliphatic heterocycles. The Kier molecular flexibility index (Phi) is 5.22. The molecule has 6 rings (SSSR count). The van der Waals surface area contributed by atoms with Gasteiger partial charge in [0.05, 0.1) is 37.0 Å². The zero-order valence-electron chi connectivity index (χ0n) is 18.7. The molecule has 3 fully saturated rings. The van der Waals surface area contributed by atoms with Gasteiger partial charge < -0.3 is 10.1 Å². The van der Waals surface area contributed by atoms with Gasteiger partial charge in [0.2, 0.25) is 0 Å². The smallest absolute Gasteiger partial charge is 0.320 e. The summed E-state index contributed by atoms with van der Waals surface area (Å²) in [6.07, 6.45) is 10.2. The monoisotopic (exact) mass is 447 g/mol. The lowest BCUT2D eigenvalue weighted by molar-refractivity contribution is -0.189.